The molecule has 1 rings (SSSR count). The van der Waals surface area contributed by atoms with Crippen LogP contribution in [0.1, 0.15) is 23.7 Å². The predicted molar refractivity (Wildman–Crippen MR) is 68.8 cm³/mol. The molecule has 0 atom stereocenters. The van der Waals surface area contributed by atoms with Gasteiger partial charge in [0.2, 0.25) is 15.9 Å². The average molecular weight is 285 g/mol. The second-order valence-corrected chi connectivity index (χ2v) is 5.67. The van der Waals surface area contributed by atoms with Crippen LogP contribution in [-0.2, 0) is 14.8 Å². The molecular weight excluding hydrogens is 270 g/mol. The van der Waals surface area contributed by atoms with E-state index in [4.69, 9.17) is 0 Å². The quantitative estimate of drug-likeness (QED) is 0.696. The number of pyridine rings is 1. The van der Waals surface area contributed by atoms with Crippen molar-refractivity contribution >= 4 is 21.8 Å². The lowest BCUT2D eigenvalue weighted by atomic mass is 10.3. The molecule has 19 heavy (non-hydrogen) atoms. The van der Waals surface area contributed by atoms with Gasteiger partial charge in [0.05, 0.1) is 11.3 Å². The molecule has 1 heterocycles. The van der Waals surface area contributed by atoms with E-state index in [0.717, 1.165) is 0 Å². The van der Waals surface area contributed by atoms with Crippen molar-refractivity contribution in [2.24, 2.45) is 0 Å². The molecule has 0 aliphatic carbocycles. The summed E-state index contributed by atoms with van der Waals surface area (Å²) in [6.45, 7) is 1.59. The van der Waals surface area contributed by atoms with Crippen LogP contribution in [0.25, 0.3) is 0 Å². The van der Waals surface area contributed by atoms with Crippen LogP contribution in [-0.4, -0.2) is 37.5 Å². The zero-order valence-corrected chi connectivity index (χ0v) is 11.2. The van der Waals surface area contributed by atoms with Gasteiger partial charge in [-0.1, -0.05) is 0 Å². The zero-order valence-electron chi connectivity index (χ0n) is 10.4. The molecule has 0 fully saturated rings. The molecule has 0 radical (unpaired) electrons. The van der Waals surface area contributed by atoms with Crippen LogP contribution in [0.2, 0.25) is 0 Å². The van der Waals surface area contributed by atoms with Gasteiger partial charge in [0.25, 0.3) is 5.91 Å². The maximum Gasteiger partial charge on any atom is 0.266 e. The molecule has 0 aliphatic heterocycles. The first-order valence-electron chi connectivity index (χ1n) is 5.60. The number of nitrogens with zero attached hydrogens (tertiary/aromatic N) is 1. The molecular formula is C11H15N3O4S. The fraction of sp³-hybridized carbons (Fsp3) is 0.364. The van der Waals surface area contributed by atoms with Gasteiger partial charge in [0.15, 0.2) is 0 Å². The van der Waals surface area contributed by atoms with Crippen molar-refractivity contribution in [2.45, 2.75) is 13.3 Å². The first-order valence-corrected chi connectivity index (χ1v) is 7.25. The fourth-order valence-electron chi connectivity index (χ4n) is 1.27. The fourth-order valence-corrected chi connectivity index (χ4v) is 2.30. The summed E-state index contributed by atoms with van der Waals surface area (Å²) in [6, 6.07) is 3.01. The molecule has 0 saturated heterocycles. The van der Waals surface area contributed by atoms with Crippen LogP contribution >= 0.6 is 0 Å². The lowest BCUT2D eigenvalue weighted by Gasteiger charge is -2.06. The summed E-state index contributed by atoms with van der Waals surface area (Å²) in [7, 11) is -3.71. The monoisotopic (exact) mass is 285 g/mol. The molecule has 0 aromatic carbocycles. The van der Waals surface area contributed by atoms with Gasteiger partial charge in [-0.3, -0.25) is 14.6 Å². The van der Waals surface area contributed by atoms with Gasteiger partial charge in [-0.05, 0) is 18.6 Å². The molecule has 0 unspecified atom stereocenters. The van der Waals surface area contributed by atoms with Crippen molar-refractivity contribution in [3.8, 4) is 0 Å². The first-order chi connectivity index (χ1) is 8.91. The number of nitrogens with one attached hydrogen (secondary N) is 2. The van der Waals surface area contributed by atoms with E-state index in [0.29, 0.717) is 0 Å². The van der Waals surface area contributed by atoms with E-state index in [9.17, 15) is 18.0 Å². The van der Waals surface area contributed by atoms with E-state index in [1.165, 1.54) is 31.5 Å². The third-order valence-corrected chi connectivity index (χ3v) is 3.46. The maximum atomic E-state index is 11.6. The van der Waals surface area contributed by atoms with Crippen molar-refractivity contribution < 1.29 is 18.0 Å². The van der Waals surface area contributed by atoms with Crippen LogP contribution < -0.4 is 10.0 Å². The van der Waals surface area contributed by atoms with E-state index in [1.807, 2.05) is 4.72 Å². The van der Waals surface area contributed by atoms with E-state index < -0.39 is 15.9 Å². The largest absolute Gasteiger partial charge is 0.356 e. The number of aromatic nitrogens is 1. The Bertz CT molecular complexity index is 542. The van der Waals surface area contributed by atoms with Crippen LogP contribution in [0.3, 0.4) is 0 Å². The van der Waals surface area contributed by atoms with Gasteiger partial charge >= 0.3 is 0 Å². The molecule has 0 aliphatic rings. The molecule has 8 heteroatoms. The molecule has 0 saturated carbocycles. The summed E-state index contributed by atoms with van der Waals surface area (Å²) in [4.78, 5) is 25.9. The minimum atomic E-state index is -3.71. The number of carbonyl (C=O) groups excluding carboxylic acids is 2. The third kappa shape index (κ3) is 5.96. The Morgan fingerprint density at radius 3 is 2.68 bits per heavy atom. The average Bonchev–Trinajstić information content (AvgIpc) is 2.35. The second kappa shape index (κ2) is 6.83. The SMILES string of the molecule is CC(=O)NCCCS(=O)(=O)NC(=O)c1cccnc1. The van der Waals surface area contributed by atoms with Crippen LogP contribution in [0, 0.1) is 0 Å². The Kier molecular flexibility index (Phi) is 5.43. The van der Waals surface area contributed by atoms with Crippen molar-refractivity contribution in [3.63, 3.8) is 0 Å². The van der Waals surface area contributed by atoms with Crippen molar-refractivity contribution in [1.29, 1.82) is 0 Å². The normalized spacial score (nSPS) is 10.8. The number of rotatable bonds is 6. The molecule has 0 spiro atoms. The summed E-state index contributed by atoms with van der Waals surface area (Å²) >= 11 is 0. The number of hydrogen-bond acceptors (Lipinski definition) is 5. The number of hydrogen-bond donors (Lipinski definition) is 2. The van der Waals surface area contributed by atoms with Gasteiger partial charge in [-0.25, -0.2) is 13.1 Å². The molecule has 1 aromatic heterocycles. The minimum Gasteiger partial charge on any atom is -0.356 e. The summed E-state index contributed by atoms with van der Waals surface area (Å²) < 4.78 is 25.1. The van der Waals surface area contributed by atoms with E-state index in [1.54, 1.807) is 0 Å². The van der Waals surface area contributed by atoms with Crippen molar-refractivity contribution in [1.82, 2.24) is 15.0 Å². The Balaban J connectivity index is 2.46. The standard InChI is InChI=1S/C11H15N3O4S/c1-9(15)13-6-3-7-19(17,18)14-11(16)10-4-2-5-12-8-10/h2,4-5,8H,3,6-7H2,1H3,(H,13,15)(H,14,16). The summed E-state index contributed by atoms with van der Waals surface area (Å²) in [5.41, 5.74) is 0.174. The van der Waals surface area contributed by atoms with Gasteiger partial charge in [0, 0.05) is 25.9 Å². The highest BCUT2D eigenvalue weighted by Gasteiger charge is 2.15. The van der Waals surface area contributed by atoms with E-state index in [2.05, 4.69) is 10.3 Å². The van der Waals surface area contributed by atoms with Crippen molar-refractivity contribution in [2.75, 3.05) is 12.3 Å². The number of carbonyl (C=O) groups is 2. The number of amides is 2. The molecule has 1 aromatic rings. The highest BCUT2D eigenvalue weighted by molar-refractivity contribution is 7.90. The lowest BCUT2D eigenvalue weighted by Crippen LogP contribution is -2.34. The lowest BCUT2D eigenvalue weighted by molar-refractivity contribution is -0.118. The van der Waals surface area contributed by atoms with Crippen molar-refractivity contribution in [3.05, 3.63) is 30.1 Å². The topological polar surface area (TPSA) is 105 Å². The third-order valence-electron chi connectivity index (χ3n) is 2.14. The first kappa shape index (κ1) is 15.1. The Morgan fingerprint density at radius 2 is 2.11 bits per heavy atom. The van der Waals surface area contributed by atoms with Crippen LogP contribution in [0.4, 0.5) is 0 Å². The second-order valence-electron chi connectivity index (χ2n) is 3.83. The summed E-state index contributed by atoms with van der Waals surface area (Å²) in [5, 5.41) is 2.48. The van der Waals surface area contributed by atoms with E-state index >= 15 is 0 Å². The summed E-state index contributed by atoms with van der Waals surface area (Å²) in [5.74, 6) is -1.18. The Labute approximate surface area is 111 Å². The molecule has 0 bridgehead atoms. The van der Waals surface area contributed by atoms with Crippen LogP contribution in [0.5, 0.6) is 0 Å². The molecule has 104 valence electrons. The maximum absolute atomic E-state index is 11.6. The van der Waals surface area contributed by atoms with Gasteiger partial charge < -0.3 is 5.32 Å². The highest BCUT2D eigenvalue weighted by atomic mass is 32.2. The molecule has 2 amide bonds. The molecule has 7 nitrogen and oxygen atoms in total. The van der Waals surface area contributed by atoms with Gasteiger partial charge in [0.1, 0.15) is 0 Å². The highest BCUT2D eigenvalue weighted by Crippen LogP contribution is 1.98. The predicted octanol–water partition coefficient (Wildman–Crippen LogP) is -0.333. The Hall–Kier alpha value is -1.96. The van der Waals surface area contributed by atoms with Gasteiger partial charge in [-0.2, -0.15) is 0 Å². The van der Waals surface area contributed by atoms with Crippen LogP contribution in [0.15, 0.2) is 24.5 Å². The summed E-state index contributed by atoms with van der Waals surface area (Å²) in [6.07, 6.45) is 3.00. The molecule has 2 N–H and O–H groups in total. The minimum absolute atomic E-state index is 0.174. The van der Waals surface area contributed by atoms with E-state index in [-0.39, 0.29) is 30.2 Å². The van der Waals surface area contributed by atoms with Gasteiger partial charge in [-0.15, -0.1) is 0 Å². The zero-order chi connectivity index (χ0) is 14.3. The Morgan fingerprint density at radius 1 is 1.37 bits per heavy atom. The number of sulfonamides is 1. The smallest absolute Gasteiger partial charge is 0.266 e.